The quantitative estimate of drug-likeness (QED) is 0.835. The van der Waals surface area contributed by atoms with Crippen molar-refractivity contribution >= 4 is 17.5 Å². The lowest BCUT2D eigenvalue weighted by Crippen LogP contribution is -2.74. The number of carbonyl (C=O) groups excluding carboxylic acids is 1. The van der Waals surface area contributed by atoms with Crippen LogP contribution in [0.15, 0.2) is 29.2 Å². The summed E-state index contributed by atoms with van der Waals surface area (Å²) >= 11 is 1.71. The van der Waals surface area contributed by atoms with Gasteiger partial charge in [-0.25, -0.2) is 0 Å². The minimum atomic E-state index is -0.543. The van der Waals surface area contributed by atoms with Gasteiger partial charge in [0, 0.05) is 18.0 Å². The predicted molar refractivity (Wildman–Crippen MR) is 83.8 cm³/mol. The lowest BCUT2D eigenvalue weighted by atomic mass is 9.52. The molecule has 4 nitrogen and oxygen atoms in total. The van der Waals surface area contributed by atoms with Crippen molar-refractivity contribution < 1.29 is 9.53 Å². The number of nitriles is 1. The smallest absolute Gasteiger partial charge is 0.141 e. The van der Waals surface area contributed by atoms with Crippen molar-refractivity contribution in [3.05, 3.63) is 29.8 Å². The molecule has 2 heterocycles. The summed E-state index contributed by atoms with van der Waals surface area (Å²) in [6.45, 7) is 4.56. The first-order valence-electron chi connectivity index (χ1n) is 7.66. The van der Waals surface area contributed by atoms with Gasteiger partial charge in [0.1, 0.15) is 11.3 Å². The maximum Gasteiger partial charge on any atom is 0.141 e. The summed E-state index contributed by atoms with van der Waals surface area (Å²) < 4.78 is 5.43. The average Bonchev–Trinajstić information content (AvgIpc) is 2.81. The van der Waals surface area contributed by atoms with E-state index in [1.807, 2.05) is 12.1 Å². The lowest BCUT2D eigenvalue weighted by Gasteiger charge is -2.59. The first-order valence-corrected chi connectivity index (χ1v) is 8.54. The molecule has 22 heavy (non-hydrogen) atoms. The Morgan fingerprint density at radius 3 is 2.82 bits per heavy atom. The van der Waals surface area contributed by atoms with Crippen LogP contribution in [0.4, 0.5) is 0 Å². The van der Waals surface area contributed by atoms with Crippen LogP contribution in [0, 0.1) is 11.3 Å². The van der Waals surface area contributed by atoms with Crippen LogP contribution in [0.5, 0.6) is 0 Å². The molecule has 0 amide bonds. The molecule has 0 N–H and O–H groups in total. The number of carbonyl (C=O) groups is 1. The lowest BCUT2D eigenvalue weighted by molar-refractivity contribution is -0.132. The molecule has 1 saturated heterocycles. The SMILES string of the molecule is CC(=O)[C@]12C[C@](C#N)(N3CCOCC3)[C@H]1Sc1ccccc12. The third kappa shape index (κ3) is 1.58. The molecule has 1 aromatic carbocycles. The number of ether oxygens (including phenoxy) is 1. The Bertz CT molecular complexity index is 679. The molecule has 1 aliphatic carbocycles. The van der Waals surface area contributed by atoms with E-state index in [0.717, 1.165) is 23.5 Å². The van der Waals surface area contributed by atoms with Crippen molar-refractivity contribution in [2.75, 3.05) is 26.3 Å². The summed E-state index contributed by atoms with van der Waals surface area (Å²) in [6, 6.07) is 10.7. The van der Waals surface area contributed by atoms with Crippen molar-refractivity contribution in [3.63, 3.8) is 0 Å². The highest BCUT2D eigenvalue weighted by Gasteiger charge is 2.72. The van der Waals surface area contributed by atoms with Crippen LogP contribution in [0.1, 0.15) is 18.9 Å². The second-order valence-electron chi connectivity index (χ2n) is 6.33. The van der Waals surface area contributed by atoms with Gasteiger partial charge in [0.2, 0.25) is 0 Å². The number of morpholine rings is 1. The van der Waals surface area contributed by atoms with E-state index in [2.05, 4.69) is 23.1 Å². The summed E-state index contributed by atoms with van der Waals surface area (Å²) in [6.07, 6.45) is 0.612. The third-order valence-corrected chi connectivity index (χ3v) is 7.08. The zero-order valence-electron chi connectivity index (χ0n) is 12.5. The van der Waals surface area contributed by atoms with Gasteiger partial charge in [0.05, 0.1) is 29.9 Å². The Morgan fingerprint density at radius 2 is 2.14 bits per heavy atom. The zero-order valence-corrected chi connectivity index (χ0v) is 13.4. The first-order chi connectivity index (χ1) is 10.6. The zero-order chi connectivity index (χ0) is 15.4. The Balaban J connectivity index is 1.77. The van der Waals surface area contributed by atoms with Crippen LogP contribution in [-0.4, -0.2) is 47.8 Å². The Hall–Kier alpha value is -1.35. The molecule has 0 radical (unpaired) electrons. The number of rotatable bonds is 2. The maximum absolute atomic E-state index is 12.5. The number of thioether (sulfide) groups is 1. The molecule has 0 bridgehead atoms. The number of fused-ring (bicyclic) bond motifs is 3. The van der Waals surface area contributed by atoms with Gasteiger partial charge in [0.15, 0.2) is 0 Å². The van der Waals surface area contributed by atoms with Gasteiger partial charge in [-0.3, -0.25) is 9.69 Å². The molecule has 2 aliphatic heterocycles. The molecule has 5 heteroatoms. The molecule has 3 aliphatic rings. The fourth-order valence-corrected chi connectivity index (χ4v) is 6.14. The van der Waals surface area contributed by atoms with Gasteiger partial charge in [0.25, 0.3) is 0 Å². The Kier molecular flexibility index (Phi) is 3.12. The molecule has 0 unspecified atom stereocenters. The van der Waals surface area contributed by atoms with Crippen LogP contribution in [0.3, 0.4) is 0 Å². The summed E-state index contributed by atoms with van der Waals surface area (Å²) in [7, 11) is 0. The molecular weight excluding hydrogens is 296 g/mol. The van der Waals surface area contributed by atoms with E-state index in [0.29, 0.717) is 19.6 Å². The monoisotopic (exact) mass is 314 g/mol. The largest absolute Gasteiger partial charge is 0.379 e. The second-order valence-corrected chi connectivity index (χ2v) is 7.48. The highest BCUT2D eigenvalue weighted by Crippen LogP contribution is 2.66. The molecule has 0 spiro atoms. The summed E-state index contributed by atoms with van der Waals surface area (Å²) in [5, 5.41) is 9.95. The van der Waals surface area contributed by atoms with E-state index < -0.39 is 11.0 Å². The standard InChI is InChI=1S/C17H18N2O2S/c1-12(20)17-10-16(11-18,19-6-8-21-9-7-19)15(17)22-14-5-3-2-4-13(14)17/h2-5,15H,6-10H2,1H3/t15-,16-,17+/m1/s1. The number of benzene rings is 1. The minimum Gasteiger partial charge on any atom is -0.379 e. The molecule has 4 rings (SSSR count). The van der Waals surface area contributed by atoms with E-state index >= 15 is 0 Å². The number of nitrogens with zero attached hydrogens (tertiary/aromatic N) is 2. The molecule has 2 fully saturated rings. The molecule has 114 valence electrons. The van der Waals surface area contributed by atoms with Crippen LogP contribution in [0.25, 0.3) is 0 Å². The number of hydrogen-bond acceptors (Lipinski definition) is 5. The van der Waals surface area contributed by atoms with Crippen molar-refractivity contribution in [2.45, 2.75) is 34.4 Å². The first kappa shape index (κ1) is 14.3. The van der Waals surface area contributed by atoms with E-state index in [4.69, 9.17) is 4.74 Å². The minimum absolute atomic E-state index is 0.00185. The number of ketones is 1. The van der Waals surface area contributed by atoms with Gasteiger partial charge in [-0.05, 0) is 25.0 Å². The van der Waals surface area contributed by atoms with Crippen LogP contribution < -0.4 is 0 Å². The Morgan fingerprint density at radius 1 is 1.41 bits per heavy atom. The molecule has 3 atom stereocenters. The topological polar surface area (TPSA) is 53.3 Å². The predicted octanol–water partition coefficient (Wildman–Crippen LogP) is 1.99. The van der Waals surface area contributed by atoms with Crippen LogP contribution in [-0.2, 0) is 14.9 Å². The van der Waals surface area contributed by atoms with Crippen LogP contribution in [0.2, 0.25) is 0 Å². The maximum atomic E-state index is 12.5. The van der Waals surface area contributed by atoms with Crippen molar-refractivity contribution in [2.24, 2.45) is 0 Å². The van der Waals surface area contributed by atoms with E-state index in [9.17, 15) is 10.1 Å². The van der Waals surface area contributed by atoms with Crippen molar-refractivity contribution in [1.29, 1.82) is 5.26 Å². The highest BCUT2D eigenvalue weighted by molar-refractivity contribution is 8.00. The number of Topliss-reactive ketones (excluding diaryl/α,β-unsaturated/α-hetero) is 1. The van der Waals surface area contributed by atoms with Crippen molar-refractivity contribution in [3.8, 4) is 6.07 Å². The fraction of sp³-hybridized carbons (Fsp3) is 0.529. The average molecular weight is 314 g/mol. The third-order valence-electron chi connectivity index (χ3n) is 5.44. The molecule has 0 aromatic heterocycles. The van der Waals surface area contributed by atoms with E-state index in [1.54, 1.807) is 18.7 Å². The fourth-order valence-electron chi connectivity index (χ4n) is 4.29. The molecule has 1 aromatic rings. The van der Waals surface area contributed by atoms with Gasteiger partial charge in [-0.2, -0.15) is 5.26 Å². The van der Waals surface area contributed by atoms with Crippen molar-refractivity contribution in [1.82, 2.24) is 4.90 Å². The van der Waals surface area contributed by atoms with Crippen LogP contribution >= 0.6 is 11.8 Å². The number of hydrogen-bond donors (Lipinski definition) is 0. The summed E-state index contributed by atoms with van der Waals surface area (Å²) in [4.78, 5) is 15.9. The van der Waals surface area contributed by atoms with Gasteiger partial charge < -0.3 is 4.74 Å². The summed E-state index contributed by atoms with van der Waals surface area (Å²) in [5.41, 5.74) is 0.102. The van der Waals surface area contributed by atoms with E-state index in [-0.39, 0.29) is 11.0 Å². The Labute approximate surface area is 134 Å². The second kappa shape index (κ2) is 4.82. The normalized spacial score (nSPS) is 36.8. The highest BCUT2D eigenvalue weighted by atomic mass is 32.2. The molecule has 1 saturated carbocycles. The van der Waals surface area contributed by atoms with Gasteiger partial charge in [-0.15, -0.1) is 11.8 Å². The van der Waals surface area contributed by atoms with Gasteiger partial charge in [-0.1, -0.05) is 18.2 Å². The molecular formula is C17H18N2O2S. The van der Waals surface area contributed by atoms with Gasteiger partial charge >= 0.3 is 0 Å². The summed E-state index contributed by atoms with van der Waals surface area (Å²) in [5.74, 6) is 0.189. The van der Waals surface area contributed by atoms with E-state index in [1.165, 1.54) is 0 Å².